The third kappa shape index (κ3) is 2.46. The molecule has 2 heterocycles. The van der Waals surface area contributed by atoms with Crippen molar-refractivity contribution >= 4 is 5.91 Å². The summed E-state index contributed by atoms with van der Waals surface area (Å²) in [5.41, 5.74) is 1.81. The summed E-state index contributed by atoms with van der Waals surface area (Å²) < 4.78 is 0. The summed E-state index contributed by atoms with van der Waals surface area (Å²) in [4.78, 5) is 17.3. The first-order valence-corrected chi connectivity index (χ1v) is 6.22. The minimum atomic E-state index is 0.195. The van der Waals surface area contributed by atoms with E-state index in [0.717, 1.165) is 37.2 Å². The number of hydrogen-bond acceptors (Lipinski definition) is 1. The Hall–Kier alpha value is -1.25. The average Bonchev–Trinajstić information content (AvgIpc) is 2.63. The molecule has 1 aromatic rings. The Morgan fingerprint density at radius 2 is 1.81 bits per heavy atom. The lowest BCUT2D eigenvalue weighted by molar-refractivity contribution is 0.0742. The molecule has 0 saturated carbocycles. The van der Waals surface area contributed by atoms with Crippen molar-refractivity contribution in [1.29, 1.82) is 0 Å². The van der Waals surface area contributed by atoms with Gasteiger partial charge in [0.25, 0.3) is 5.91 Å². The lowest BCUT2D eigenvalue weighted by Crippen LogP contribution is -2.33. The van der Waals surface area contributed by atoms with Gasteiger partial charge in [0.2, 0.25) is 0 Å². The average molecular weight is 220 g/mol. The summed E-state index contributed by atoms with van der Waals surface area (Å²) in [6, 6.07) is 1.89. The molecule has 0 unspecified atom stereocenters. The van der Waals surface area contributed by atoms with Crippen LogP contribution in [0, 0.1) is 6.92 Å². The number of rotatable bonds is 1. The van der Waals surface area contributed by atoms with E-state index in [2.05, 4.69) is 4.98 Å². The molecule has 16 heavy (non-hydrogen) atoms. The Balaban J connectivity index is 2.05. The van der Waals surface area contributed by atoms with E-state index in [9.17, 15) is 4.79 Å². The molecule has 0 spiro atoms. The highest BCUT2D eigenvalue weighted by molar-refractivity contribution is 5.95. The van der Waals surface area contributed by atoms with Crippen LogP contribution in [0.4, 0.5) is 0 Å². The molecule has 1 amide bonds. The molecule has 1 aliphatic rings. The zero-order valence-corrected chi connectivity index (χ0v) is 9.96. The second kappa shape index (κ2) is 5.19. The van der Waals surface area contributed by atoms with E-state index in [1.165, 1.54) is 19.3 Å². The Kier molecular flexibility index (Phi) is 3.65. The molecule has 1 aromatic heterocycles. The van der Waals surface area contributed by atoms with Gasteiger partial charge in [-0.15, -0.1) is 0 Å². The quantitative estimate of drug-likeness (QED) is 0.776. The Morgan fingerprint density at radius 1 is 1.19 bits per heavy atom. The van der Waals surface area contributed by atoms with Gasteiger partial charge in [-0.25, -0.2) is 0 Å². The van der Waals surface area contributed by atoms with Crippen molar-refractivity contribution in [1.82, 2.24) is 9.88 Å². The minimum Gasteiger partial charge on any atom is -0.365 e. The van der Waals surface area contributed by atoms with Crippen LogP contribution in [0.5, 0.6) is 0 Å². The predicted octanol–water partition coefficient (Wildman–Crippen LogP) is 2.73. The number of amides is 1. The van der Waals surface area contributed by atoms with Crippen molar-refractivity contribution in [2.45, 2.75) is 39.0 Å². The largest absolute Gasteiger partial charge is 0.365 e. The van der Waals surface area contributed by atoms with Gasteiger partial charge in [-0.1, -0.05) is 19.3 Å². The van der Waals surface area contributed by atoms with E-state index in [-0.39, 0.29) is 5.91 Å². The van der Waals surface area contributed by atoms with E-state index < -0.39 is 0 Å². The molecule has 0 atom stereocenters. The number of carbonyl (C=O) groups excluding carboxylic acids is 1. The first kappa shape index (κ1) is 11.2. The van der Waals surface area contributed by atoms with Crippen LogP contribution in [0.15, 0.2) is 12.3 Å². The molecule has 88 valence electrons. The number of nitrogens with zero attached hydrogens (tertiary/aromatic N) is 1. The van der Waals surface area contributed by atoms with Crippen molar-refractivity contribution in [2.24, 2.45) is 0 Å². The highest BCUT2D eigenvalue weighted by Crippen LogP contribution is 2.15. The molecule has 3 nitrogen and oxygen atoms in total. The number of hydrogen-bond donors (Lipinski definition) is 1. The molecule has 3 heteroatoms. The second-order valence-electron chi connectivity index (χ2n) is 4.58. The van der Waals surface area contributed by atoms with Crippen LogP contribution in [0.25, 0.3) is 0 Å². The first-order valence-electron chi connectivity index (χ1n) is 6.22. The number of aromatic nitrogens is 1. The summed E-state index contributed by atoms with van der Waals surface area (Å²) in [5, 5.41) is 0. The van der Waals surface area contributed by atoms with E-state index in [1.807, 2.05) is 24.1 Å². The number of carbonyl (C=O) groups is 1. The second-order valence-corrected chi connectivity index (χ2v) is 4.58. The summed E-state index contributed by atoms with van der Waals surface area (Å²) in [6.45, 7) is 3.80. The molecule has 0 radical (unpaired) electrons. The van der Waals surface area contributed by atoms with Crippen molar-refractivity contribution in [3.8, 4) is 0 Å². The molecule has 0 aliphatic carbocycles. The molecule has 2 rings (SSSR count). The minimum absolute atomic E-state index is 0.195. The van der Waals surface area contributed by atoms with E-state index in [1.54, 1.807) is 0 Å². The lowest BCUT2D eigenvalue weighted by Gasteiger charge is -2.24. The third-order valence-corrected chi connectivity index (χ3v) is 3.33. The fourth-order valence-corrected chi connectivity index (χ4v) is 2.31. The fourth-order valence-electron chi connectivity index (χ4n) is 2.31. The number of aromatic amines is 1. The van der Waals surface area contributed by atoms with Gasteiger partial charge in [-0.3, -0.25) is 4.79 Å². The number of likely N-dealkylation sites (tertiary alicyclic amines) is 1. The zero-order valence-electron chi connectivity index (χ0n) is 9.96. The molecule has 1 fully saturated rings. The van der Waals surface area contributed by atoms with Gasteiger partial charge < -0.3 is 9.88 Å². The van der Waals surface area contributed by atoms with Gasteiger partial charge in [-0.05, 0) is 25.8 Å². The van der Waals surface area contributed by atoms with Gasteiger partial charge in [0.1, 0.15) is 0 Å². The third-order valence-electron chi connectivity index (χ3n) is 3.33. The molecule has 1 N–H and O–H groups in total. The van der Waals surface area contributed by atoms with Gasteiger partial charge in [0, 0.05) is 25.0 Å². The monoisotopic (exact) mass is 220 g/mol. The highest BCUT2D eigenvalue weighted by atomic mass is 16.2. The molecule has 0 bridgehead atoms. The van der Waals surface area contributed by atoms with Crippen LogP contribution in [-0.2, 0) is 0 Å². The van der Waals surface area contributed by atoms with Gasteiger partial charge in [0.15, 0.2) is 0 Å². The number of H-pyrrole nitrogens is 1. The molecule has 0 aromatic carbocycles. The van der Waals surface area contributed by atoms with Crippen LogP contribution in [0.3, 0.4) is 0 Å². The maximum Gasteiger partial charge on any atom is 0.255 e. The van der Waals surface area contributed by atoms with E-state index in [0.29, 0.717) is 0 Å². The van der Waals surface area contributed by atoms with Crippen LogP contribution in [0.2, 0.25) is 0 Å². The normalized spacial score (nSPS) is 17.9. The number of aryl methyl sites for hydroxylation is 1. The van der Waals surface area contributed by atoms with Crippen molar-refractivity contribution in [3.63, 3.8) is 0 Å². The van der Waals surface area contributed by atoms with Crippen LogP contribution in [0.1, 0.15) is 48.2 Å². The summed E-state index contributed by atoms with van der Waals surface area (Å²) in [7, 11) is 0. The van der Waals surface area contributed by atoms with Crippen molar-refractivity contribution in [3.05, 3.63) is 23.5 Å². The Bertz CT molecular complexity index is 349. The van der Waals surface area contributed by atoms with E-state index >= 15 is 0 Å². The maximum atomic E-state index is 12.3. The molecule has 1 saturated heterocycles. The van der Waals surface area contributed by atoms with E-state index in [4.69, 9.17) is 0 Å². The SMILES string of the molecule is Cc1[nH]ccc1C(=O)N1CCCCCCC1. The van der Waals surface area contributed by atoms with Gasteiger partial charge in [-0.2, -0.15) is 0 Å². The van der Waals surface area contributed by atoms with Gasteiger partial charge in [0.05, 0.1) is 5.56 Å². The fraction of sp³-hybridized carbons (Fsp3) is 0.615. The van der Waals surface area contributed by atoms with Crippen LogP contribution < -0.4 is 0 Å². The Labute approximate surface area is 96.8 Å². The summed E-state index contributed by atoms with van der Waals surface area (Å²) in [5.74, 6) is 0.195. The number of nitrogens with one attached hydrogen (secondary N) is 1. The van der Waals surface area contributed by atoms with Crippen LogP contribution in [-0.4, -0.2) is 28.9 Å². The maximum absolute atomic E-state index is 12.3. The van der Waals surface area contributed by atoms with Crippen LogP contribution >= 0.6 is 0 Å². The Morgan fingerprint density at radius 3 is 2.38 bits per heavy atom. The first-order chi connectivity index (χ1) is 7.79. The summed E-state index contributed by atoms with van der Waals surface area (Å²) in [6.07, 6.45) is 7.98. The van der Waals surface area contributed by atoms with Gasteiger partial charge >= 0.3 is 0 Å². The highest BCUT2D eigenvalue weighted by Gasteiger charge is 2.18. The summed E-state index contributed by atoms with van der Waals surface area (Å²) >= 11 is 0. The predicted molar refractivity (Wildman–Crippen MR) is 64.5 cm³/mol. The molecule has 1 aliphatic heterocycles. The smallest absolute Gasteiger partial charge is 0.255 e. The molecular weight excluding hydrogens is 200 g/mol. The lowest BCUT2D eigenvalue weighted by atomic mass is 10.1. The zero-order chi connectivity index (χ0) is 11.4. The standard InChI is InChI=1S/C13H20N2O/c1-11-12(7-8-14-11)13(16)15-9-5-3-2-4-6-10-15/h7-8,14H,2-6,9-10H2,1H3. The van der Waals surface area contributed by atoms with Crippen molar-refractivity contribution < 1.29 is 4.79 Å². The topological polar surface area (TPSA) is 36.1 Å². The van der Waals surface area contributed by atoms with Crippen molar-refractivity contribution in [2.75, 3.05) is 13.1 Å². The molecular formula is C13H20N2O.